The first-order valence-corrected chi connectivity index (χ1v) is 6.88. The van der Waals surface area contributed by atoms with Crippen LogP contribution in [0.1, 0.15) is 16.1 Å². The molecule has 4 nitrogen and oxygen atoms in total. The average Bonchev–Trinajstić information content (AvgIpc) is 2.89. The summed E-state index contributed by atoms with van der Waals surface area (Å²) in [7, 11) is 0. The van der Waals surface area contributed by atoms with Crippen molar-refractivity contribution in [1.82, 2.24) is 10.3 Å². The van der Waals surface area contributed by atoms with E-state index in [2.05, 4.69) is 26.2 Å². The molecule has 0 aliphatic heterocycles. The van der Waals surface area contributed by atoms with E-state index < -0.39 is 0 Å². The zero-order valence-corrected chi connectivity index (χ0v) is 12.1. The molecule has 0 fully saturated rings. The normalized spacial score (nSPS) is 10.7. The van der Waals surface area contributed by atoms with Crippen molar-refractivity contribution in [1.29, 1.82) is 0 Å². The number of hydrogen-bond donors (Lipinski definition) is 1. The summed E-state index contributed by atoms with van der Waals surface area (Å²) in [5, 5.41) is 3.71. The number of benzene rings is 1. The Morgan fingerprint density at radius 2 is 2.20 bits per heavy atom. The lowest BCUT2D eigenvalue weighted by atomic mass is 10.2. The van der Waals surface area contributed by atoms with Crippen molar-refractivity contribution < 1.29 is 9.21 Å². The molecule has 20 heavy (non-hydrogen) atoms. The number of carbonyl (C=O) groups is 1. The molecule has 5 heteroatoms. The van der Waals surface area contributed by atoms with Gasteiger partial charge in [-0.2, -0.15) is 0 Å². The molecule has 0 unspecified atom stereocenters. The highest BCUT2D eigenvalue weighted by molar-refractivity contribution is 9.10. The second kappa shape index (κ2) is 5.46. The first-order valence-electron chi connectivity index (χ1n) is 6.08. The van der Waals surface area contributed by atoms with Gasteiger partial charge in [0.25, 0.3) is 5.91 Å². The van der Waals surface area contributed by atoms with Crippen molar-refractivity contribution in [2.75, 3.05) is 0 Å². The maximum atomic E-state index is 12.0. The van der Waals surface area contributed by atoms with Gasteiger partial charge in [-0.15, -0.1) is 0 Å². The van der Waals surface area contributed by atoms with Gasteiger partial charge in [0.1, 0.15) is 5.58 Å². The van der Waals surface area contributed by atoms with E-state index in [-0.39, 0.29) is 5.91 Å². The molecule has 1 amide bonds. The van der Waals surface area contributed by atoms with Crippen molar-refractivity contribution in [3.8, 4) is 0 Å². The van der Waals surface area contributed by atoms with E-state index in [1.54, 1.807) is 18.5 Å². The molecule has 0 aliphatic carbocycles. The Balaban J connectivity index is 1.75. The van der Waals surface area contributed by atoms with Crippen LogP contribution in [0.2, 0.25) is 0 Å². The van der Waals surface area contributed by atoms with E-state index in [1.165, 1.54) is 0 Å². The first kappa shape index (κ1) is 12.9. The fourth-order valence-corrected chi connectivity index (χ4v) is 2.23. The van der Waals surface area contributed by atoms with Gasteiger partial charge in [0.15, 0.2) is 5.76 Å². The van der Waals surface area contributed by atoms with Crippen LogP contribution in [0.15, 0.2) is 57.7 Å². The highest BCUT2D eigenvalue weighted by Crippen LogP contribution is 2.23. The van der Waals surface area contributed by atoms with Crippen LogP contribution in [0.4, 0.5) is 0 Å². The number of hydrogen-bond acceptors (Lipinski definition) is 3. The Bertz CT molecular complexity index is 753. The van der Waals surface area contributed by atoms with Gasteiger partial charge in [0.05, 0.1) is 0 Å². The van der Waals surface area contributed by atoms with Gasteiger partial charge in [-0.3, -0.25) is 9.78 Å². The summed E-state index contributed by atoms with van der Waals surface area (Å²) in [5.74, 6) is 0.0724. The van der Waals surface area contributed by atoms with E-state index >= 15 is 0 Å². The summed E-state index contributed by atoms with van der Waals surface area (Å²) in [6.45, 7) is 0.424. The predicted octanol–water partition coefficient (Wildman–Crippen LogP) is 3.52. The SMILES string of the molecule is O=C(NCc1cccnc1)c1cc2ccc(Br)cc2o1. The molecule has 2 aromatic heterocycles. The number of pyridine rings is 1. The standard InChI is InChI=1S/C15H11BrN2O2/c16-12-4-3-11-6-14(20-13(11)7-12)15(19)18-9-10-2-1-5-17-8-10/h1-8H,9H2,(H,18,19). The lowest BCUT2D eigenvalue weighted by Crippen LogP contribution is -2.22. The number of nitrogens with one attached hydrogen (secondary N) is 1. The molecule has 3 rings (SSSR count). The molecule has 3 aromatic rings. The Kier molecular flexibility index (Phi) is 3.52. The third-order valence-corrected chi connectivity index (χ3v) is 3.38. The number of carbonyl (C=O) groups excluding carboxylic acids is 1. The van der Waals surface area contributed by atoms with Gasteiger partial charge in [-0.05, 0) is 35.9 Å². The van der Waals surface area contributed by atoms with Crippen molar-refractivity contribution in [2.45, 2.75) is 6.54 Å². The smallest absolute Gasteiger partial charge is 0.287 e. The highest BCUT2D eigenvalue weighted by atomic mass is 79.9. The molecule has 0 spiro atoms. The number of nitrogens with zero attached hydrogens (tertiary/aromatic N) is 1. The van der Waals surface area contributed by atoms with E-state index in [1.807, 2.05) is 30.3 Å². The van der Waals surface area contributed by atoms with Crippen molar-refractivity contribution in [3.63, 3.8) is 0 Å². The summed E-state index contributed by atoms with van der Waals surface area (Å²) >= 11 is 3.37. The Labute approximate surface area is 123 Å². The van der Waals surface area contributed by atoms with Crippen LogP contribution in [0.3, 0.4) is 0 Å². The molecule has 0 radical (unpaired) electrons. The largest absolute Gasteiger partial charge is 0.451 e. The van der Waals surface area contributed by atoms with Gasteiger partial charge in [0, 0.05) is 28.8 Å². The number of furan rings is 1. The second-order valence-electron chi connectivity index (χ2n) is 4.34. The van der Waals surface area contributed by atoms with E-state index in [9.17, 15) is 4.79 Å². The number of rotatable bonds is 3. The van der Waals surface area contributed by atoms with E-state index in [0.29, 0.717) is 17.9 Å². The quantitative estimate of drug-likeness (QED) is 0.799. The molecule has 2 heterocycles. The average molecular weight is 331 g/mol. The fourth-order valence-electron chi connectivity index (χ4n) is 1.89. The lowest BCUT2D eigenvalue weighted by molar-refractivity contribution is 0.0925. The van der Waals surface area contributed by atoms with Crippen LogP contribution in [0.5, 0.6) is 0 Å². The molecule has 1 N–H and O–H groups in total. The summed E-state index contributed by atoms with van der Waals surface area (Å²) in [6.07, 6.45) is 3.42. The third kappa shape index (κ3) is 2.72. The molecule has 0 bridgehead atoms. The van der Waals surface area contributed by atoms with Crippen LogP contribution < -0.4 is 5.32 Å². The fraction of sp³-hybridized carbons (Fsp3) is 0.0667. The van der Waals surface area contributed by atoms with E-state index in [0.717, 1.165) is 15.4 Å². The Hall–Kier alpha value is -2.14. The lowest BCUT2D eigenvalue weighted by Gasteiger charge is -2.02. The summed E-state index contributed by atoms with van der Waals surface area (Å²) in [5.41, 5.74) is 1.63. The third-order valence-electron chi connectivity index (χ3n) is 2.88. The molecular weight excluding hydrogens is 320 g/mol. The van der Waals surface area contributed by atoms with Crippen molar-refractivity contribution >= 4 is 32.8 Å². The number of aromatic nitrogens is 1. The monoisotopic (exact) mass is 330 g/mol. The number of fused-ring (bicyclic) bond motifs is 1. The number of halogens is 1. The topological polar surface area (TPSA) is 55.1 Å². The molecule has 0 aliphatic rings. The Morgan fingerprint density at radius 3 is 3.00 bits per heavy atom. The van der Waals surface area contributed by atoms with Crippen LogP contribution in [-0.2, 0) is 6.54 Å². The van der Waals surface area contributed by atoms with Crippen molar-refractivity contribution in [2.24, 2.45) is 0 Å². The zero-order valence-electron chi connectivity index (χ0n) is 10.5. The molecule has 0 saturated heterocycles. The molecule has 1 aromatic carbocycles. The summed E-state index contributed by atoms with van der Waals surface area (Å²) in [6, 6.07) is 11.1. The minimum Gasteiger partial charge on any atom is -0.451 e. The van der Waals surface area contributed by atoms with Gasteiger partial charge in [-0.25, -0.2) is 0 Å². The van der Waals surface area contributed by atoms with Crippen LogP contribution in [0.25, 0.3) is 11.0 Å². The van der Waals surface area contributed by atoms with Crippen LogP contribution >= 0.6 is 15.9 Å². The van der Waals surface area contributed by atoms with Crippen LogP contribution in [0, 0.1) is 0 Å². The van der Waals surface area contributed by atoms with Gasteiger partial charge >= 0.3 is 0 Å². The summed E-state index contributed by atoms with van der Waals surface area (Å²) < 4.78 is 6.46. The number of amides is 1. The van der Waals surface area contributed by atoms with Crippen LogP contribution in [-0.4, -0.2) is 10.9 Å². The summed E-state index contributed by atoms with van der Waals surface area (Å²) in [4.78, 5) is 16.0. The molecular formula is C15H11BrN2O2. The van der Waals surface area contributed by atoms with Gasteiger partial charge in [-0.1, -0.05) is 22.0 Å². The Morgan fingerprint density at radius 1 is 1.30 bits per heavy atom. The maximum absolute atomic E-state index is 12.0. The zero-order chi connectivity index (χ0) is 13.9. The van der Waals surface area contributed by atoms with Gasteiger partial charge < -0.3 is 9.73 Å². The minimum absolute atomic E-state index is 0.235. The predicted molar refractivity (Wildman–Crippen MR) is 79.3 cm³/mol. The first-order chi connectivity index (χ1) is 9.72. The maximum Gasteiger partial charge on any atom is 0.287 e. The van der Waals surface area contributed by atoms with Crippen molar-refractivity contribution in [3.05, 3.63) is 64.6 Å². The molecule has 0 atom stereocenters. The second-order valence-corrected chi connectivity index (χ2v) is 5.25. The minimum atomic E-state index is -0.235. The molecule has 100 valence electrons. The molecule has 0 saturated carbocycles. The highest BCUT2D eigenvalue weighted by Gasteiger charge is 2.12. The van der Waals surface area contributed by atoms with Gasteiger partial charge in [0.2, 0.25) is 0 Å². The van der Waals surface area contributed by atoms with E-state index in [4.69, 9.17) is 4.42 Å².